The summed E-state index contributed by atoms with van der Waals surface area (Å²) >= 11 is 3.36. The Kier molecular flexibility index (Phi) is 4.61. The second kappa shape index (κ2) is 6.23. The van der Waals surface area contributed by atoms with Gasteiger partial charge in [0, 0.05) is 30.7 Å². The van der Waals surface area contributed by atoms with Gasteiger partial charge in [0.05, 0.1) is 0 Å². The SMILES string of the molecule is O=C(O)C1CN(Cc2ccc(Br)cc2)CCN1C(=O)O. The van der Waals surface area contributed by atoms with E-state index in [4.69, 9.17) is 10.2 Å². The topological polar surface area (TPSA) is 81.1 Å². The van der Waals surface area contributed by atoms with Crippen molar-refractivity contribution in [1.29, 1.82) is 0 Å². The third-order valence-electron chi connectivity index (χ3n) is 3.31. The fourth-order valence-electron chi connectivity index (χ4n) is 2.27. The third kappa shape index (κ3) is 3.49. The van der Waals surface area contributed by atoms with E-state index >= 15 is 0 Å². The van der Waals surface area contributed by atoms with Gasteiger partial charge in [0.2, 0.25) is 0 Å². The van der Waals surface area contributed by atoms with Crippen LogP contribution < -0.4 is 0 Å². The number of hydrogen-bond donors (Lipinski definition) is 2. The van der Waals surface area contributed by atoms with Crippen LogP contribution in [0.1, 0.15) is 5.56 Å². The van der Waals surface area contributed by atoms with E-state index in [1.807, 2.05) is 29.2 Å². The molecule has 108 valence electrons. The Bertz CT molecular complexity index is 506. The van der Waals surface area contributed by atoms with Crippen LogP contribution in [0.3, 0.4) is 0 Å². The standard InChI is InChI=1S/C13H15BrN2O4/c14-10-3-1-9(2-4-10)7-15-5-6-16(13(19)20)11(8-15)12(17)18/h1-4,11H,5-8H2,(H,17,18)(H,19,20). The van der Waals surface area contributed by atoms with Crippen LogP contribution in [0.4, 0.5) is 4.79 Å². The molecule has 6 nitrogen and oxygen atoms in total. The lowest BCUT2D eigenvalue weighted by atomic mass is 10.1. The van der Waals surface area contributed by atoms with E-state index in [2.05, 4.69) is 15.9 Å². The lowest BCUT2D eigenvalue weighted by Gasteiger charge is -2.37. The number of carbonyl (C=O) groups is 2. The molecular formula is C13H15BrN2O4. The summed E-state index contributed by atoms with van der Waals surface area (Å²) in [6.45, 7) is 1.57. The molecule has 7 heteroatoms. The van der Waals surface area contributed by atoms with Gasteiger partial charge >= 0.3 is 12.1 Å². The van der Waals surface area contributed by atoms with Gasteiger partial charge in [-0.25, -0.2) is 9.59 Å². The van der Waals surface area contributed by atoms with E-state index in [0.29, 0.717) is 13.1 Å². The first kappa shape index (κ1) is 14.8. The van der Waals surface area contributed by atoms with Crippen LogP contribution in [0.25, 0.3) is 0 Å². The second-order valence-corrected chi connectivity index (χ2v) is 5.61. The number of nitrogens with zero attached hydrogens (tertiary/aromatic N) is 2. The number of amides is 1. The maximum atomic E-state index is 11.2. The van der Waals surface area contributed by atoms with Crippen molar-refractivity contribution in [2.24, 2.45) is 0 Å². The van der Waals surface area contributed by atoms with Crippen LogP contribution in [0.5, 0.6) is 0 Å². The summed E-state index contributed by atoms with van der Waals surface area (Å²) in [6, 6.07) is 6.78. The first-order chi connectivity index (χ1) is 9.47. The number of carboxylic acid groups (broad SMARTS) is 2. The monoisotopic (exact) mass is 342 g/mol. The normalized spacial score (nSPS) is 19.9. The van der Waals surface area contributed by atoms with Crippen molar-refractivity contribution in [2.75, 3.05) is 19.6 Å². The molecule has 0 saturated carbocycles. The van der Waals surface area contributed by atoms with Crippen molar-refractivity contribution in [3.8, 4) is 0 Å². The lowest BCUT2D eigenvalue weighted by Crippen LogP contribution is -2.57. The lowest BCUT2D eigenvalue weighted by molar-refractivity contribution is -0.145. The van der Waals surface area contributed by atoms with Gasteiger partial charge in [-0.3, -0.25) is 9.80 Å². The molecule has 1 aliphatic rings. The first-order valence-electron chi connectivity index (χ1n) is 6.16. The van der Waals surface area contributed by atoms with Crippen LogP contribution in [-0.2, 0) is 11.3 Å². The number of aliphatic carboxylic acids is 1. The Morgan fingerprint density at radius 2 is 1.85 bits per heavy atom. The molecule has 1 saturated heterocycles. The molecule has 0 spiro atoms. The number of halogens is 1. The van der Waals surface area contributed by atoms with Gasteiger partial charge in [0.25, 0.3) is 0 Å². The average Bonchev–Trinajstić information content (AvgIpc) is 2.41. The molecule has 1 heterocycles. The molecule has 2 N–H and O–H groups in total. The Morgan fingerprint density at radius 3 is 2.40 bits per heavy atom. The average molecular weight is 343 g/mol. The molecule has 1 aliphatic heterocycles. The quantitative estimate of drug-likeness (QED) is 0.873. The van der Waals surface area contributed by atoms with Gasteiger partial charge in [0.1, 0.15) is 6.04 Å². The maximum absolute atomic E-state index is 11.2. The van der Waals surface area contributed by atoms with Crippen molar-refractivity contribution in [1.82, 2.24) is 9.80 Å². The van der Waals surface area contributed by atoms with Crippen molar-refractivity contribution >= 4 is 28.0 Å². The zero-order valence-corrected chi connectivity index (χ0v) is 12.3. The summed E-state index contributed by atoms with van der Waals surface area (Å²) in [6.07, 6.45) is -1.18. The molecule has 1 atom stereocenters. The van der Waals surface area contributed by atoms with Crippen LogP contribution in [-0.4, -0.2) is 57.8 Å². The Morgan fingerprint density at radius 1 is 1.20 bits per heavy atom. The molecule has 0 bridgehead atoms. The van der Waals surface area contributed by atoms with Crippen LogP contribution in [0.15, 0.2) is 28.7 Å². The number of carboxylic acids is 1. The summed E-state index contributed by atoms with van der Waals surface area (Å²) in [5, 5.41) is 18.1. The maximum Gasteiger partial charge on any atom is 0.408 e. The summed E-state index contributed by atoms with van der Waals surface area (Å²) in [7, 11) is 0. The molecule has 1 aromatic rings. The zero-order valence-electron chi connectivity index (χ0n) is 10.7. The molecular weight excluding hydrogens is 328 g/mol. The van der Waals surface area contributed by atoms with E-state index in [1.165, 1.54) is 0 Å². The van der Waals surface area contributed by atoms with Crippen LogP contribution >= 0.6 is 15.9 Å². The Balaban J connectivity index is 2.03. The molecule has 2 rings (SSSR count). The van der Waals surface area contributed by atoms with E-state index in [9.17, 15) is 9.59 Å². The first-order valence-corrected chi connectivity index (χ1v) is 6.96. The van der Waals surface area contributed by atoms with E-state index in [0.717, 1.165) is 14.9 Å². The number of benzene rings is 1. The third-order valence-corrected chi connectivity index (χ3v) is 3.84. The van der Waals surface area contributed by atoms with Gasteiger partial charge in [-0.1, -0.05) is 28.1 Å². The van der Waals surface area contributed by atoms with Crippen molar-refractivity contribution in [3.05, 3.63) is 34.3 Å². The molecule has 1 aromatic carbocycles. The fraction of sp³-hybridized carbons (Fsp3) is 0.385. The predicted molar refractivity (Wildman–Crippen MR) is 75.6 cm³/mol. The summed E-state index contributed by atoms with van der Waals surface area (Å²) in [4.78, 5) is 25.1. The molecule has 1 fully saturated rings. The molecule has 0 aromatic heterocycles. The fourth-order valence-corrected chi connectivity index (χ4v) is 2.54. The van der Waals surface area contributed by atoms with Gasteiger partial charge < -0.3 is 10.2 Å². The molecule has 20 heavy (non-hydrogen) atoms. The van der Waals surface area contributed by atoms with E-state index < -0.39 is 18.1 Å². The molecule has 1 unspecified atom stereocenters. The number of hydrogen-bond acceptors (Lipinski definition) is 3. The van der Waals surface area contributed by atoms with Crippen molar-refractivity contribution < 1.29 is 19.8 Å². The van der Waals surface area contributed by atoms with Gasteiger partial charge in [-0.2, -0.15) is 0 Å². The van der Waals surface area contributed by atoms with Crippen LogP contribution in [0.2, 0.25) is 0 Å². The highest BCUT2D eigenvalue weighted by molar-refractivity contribution is 9.10. The summed E-state index contributed by atoms with van der Waals surface area (Å²) in [5.74, 6) is -1.10. The van der Waals surface area contributed by atoms with Gasteiger partial charge in [-0.05, 0) is 17.7 Å². The minimum Gasteiger partial charge on any atom is -0.480 e. The van der Waals surface area contributed by atoms with Crippen LogP contribution in [0, 0.1) is 0 Å². The predicted octanol–water partition coefficient (Wildman–Crippen LogP) is 1.70. The minimum atomic E-state index is -1.18. The summed E-state index contributed by atoms with van der Waals surface area (Å²) in [5.41, 5.74) is 1.07. The Hall–Kier alpha value is -1.60. The minimum absolute atomic E-state index is 0.206. The smallest absolute Gasteiger partial charge is 0.408 e. The number of rotatable bonds is 3. The highest BCUT2D eigenvalue weighted by Gasteiger charge is 2.35. The molecule has 0 aliphatic carbocycles. The zero-order chi connectivity index (χ0) is 14.7. The van der Waals surface area contributed by atoms with Gasteiger partial charge in [0.15, 0.2) is 0 Å². The van der Waals surface area contributed by atoms with Crippen molar-refractivity contribution in [2.45, 2.75) is 12.6 Å². The molecule has 1 amide bonds. The highest BCUT2D eigenvalue weighted by Crippen LogP contribution is 2.16. The summed E-state index contributed by atoms with van der Waals surface area (Å²) < 4.78 is 0.986. The highest BCUT2D eigenvalue weighted by atomic mass is 79.9. The number of piperazine rings is 1. The second-order valence-electron chi connectivity index (χ2n) is 4.69. The van der Waals surface area contributed by atoms with Gasteiger partial charge in [-0.15, -0.1) is 0 Å². The van der Waals surface area contributed by atoms with E-state index in [1.54, 1.807) is 0 Å². The molecule has 0 radical (unpaired) electrons. The van der Waals surface area contributed by atoms with Crippen molar-refractivity contribution in [3.63, 3.8) is 0 Å². The largest absolute Gasteiger partial charge is 0.480 e. The Labute approximate surface area is 124 Å². The van der Waals surface area contributed by atoms with E-state index in [-0.39, 0.29) is 13.1 Å².